The van der Waals surface area contributed by atoms with E-state index in [0.29, 0.717) is 5.56 Å². The summed E-state index contributed by atoms with van der Waals surface area (Å²) in [6, 6.07) is 20.2. The van der Waals surface area contributed by atoms with Gasteiger partial charge < -0.3 is 0 Å². The van der Waals surface area contributed by atoms with Gasteiger partial charge in [-0.2, -0.15) is 5.26 Å². The quantitative estimate of drug-likeness (QED) is 0.639. The van der Waals surface area contributed by atoms with Gasteiger partial charge in [0.2, 0.25) is 0 Å². The van der Waals surface area contributed by atoms with Crippen molar-refractivity contribution >= 4 is 6.21 Å². The van der Waals surface area contributed by atoms with E-state index in [-0.39, 0.29) is 11.8 Å². The number of aliphatic imine (C=N–C) groups is 1. The van der Waals surface area contributed by atoms with Gasteiger partial charge in [0.25, 0.3) is 0 Å². The van der Waals surface area contributed by atoms with Crippen LogP contribution in [0.15, 0.2) is 90.0 Å². The molecule has 0 radical (unpaired) electrons. The molecule has 0 spiro atoms. The zero-order valence-electron chi connectivity index (χ0n) is 15.4. The molecule has 0 bridgehead atoms. The van der Waals surface area contributed by atoms with Crippen LogP contribution in [-0.4, -0.2) is 16.2 Å². The topological polar surface area (TPSA) is 61.9 Å². The van der Waals surface area contributed by atoms with Crippen molar-refractivity contribution in [3.8, 4) is 6.07 Å². The molecule has 0 aliphatic carbocycles. The van der Waals surface area contributed by atoms with E-state index in [4.69, 9.17) is 0 Å². The summed E-state index contributed by atoms with van der Waals surface area (Å²) < 4.78 is 0. The summed E-state index contributed by atoms with van der Waals surface area (Å²) in [6.07, 6.45) is 11.3. The first-order valence-corrected chi connectivity index (χ1v) is 9.38. The van der Waals surface area contributed by atoms with Crippen LogP contribution in [0.5, 0.6) is 0 Å². The zero-order valence-corrected chi connectivity index (χ0v) is 15.4. The standard InChI is InChI=1S/C24H20N4/c25-15-18-6-3-7-19(14-18)24(22-10-1-2-13-28-22)23(20-8-4-11-26-16-20)21-9-5-12-27-17-21/h1-4,6-8,10-14,16-17,23-24H,5,9H2. The third-order valence-electron chi connectivity index (χ3n) is 5.07. The van der Waals surface area contributed by atoms with Gasteiger partial charge in [0.05, 0.1) is 11.6 Å². The predicted octanol–water partition coefficient (Wildman–Crippen LogP) is 5.01. The number of aromatic nitrogens is 2. The minimum Gasteiger partial charge on any atom is -0.269 e. The van der Waals surface area contributed by atoms with E-state index in [1.807, 2.05) is 61.2 Å². The number of benzene rings is 1. The average molecular weight is 364 g/mol. The van der Waals surface area contributed by atoms with Crippen molar-refractivity contribution in [2.75, 3.05) is 0 Å². The van der Waals surface area contributed by atoms with E-state index in [9.17, 15) is 5.26 Å². The molecule has 0 saturated heterocycles. The number of hydrogen-bond acceptors (Lipinski definition) is 4. The third-order valence-corrected chi connectivity index (χ3v) is 5.07. The molecule has 2 aromatic heterocycles. The first kappa shape index (κ1) is 17.8. The van der Waals surface area contributed by atoms with Crippen LogP contribution in [0.4, 0.5) is 0 Å². The first-order valence-electron chi connectivity index (χ1n) is 9.38. The Morgan fingerprint density at radius 2 is 1.86 bits per heavy atom. The van der Waals surface area contributed by atoms with E-state index in [1.165, 1.54) is 5.57 Å². The fraction of sp³-hybridized carbons (Fsp3) is 0.167. The van der Waals surface area contributed by atoms with Gasteiger partial charge in [0, 0.05) is 48.5 Å². The summed E-state index contributed by atoms with van der Waals surface area (Å²) >= 11 is 0. The lowest BCUT2D eigenvalue weighted by Crippen LogP contribution is -2.18. The Kier molecular flexibility index (Phi) is 5.35. The number of rotatable bonds is 5. The molecule has 2 atom stereocenters. The van der Waals surface area contributed by atoms with E-state index in [0.717, 1.165) is 29.7 Å². The van der Waals surface area contributed by atoms with Gasteiger partial charge in [-0.3, -0.25) is 15.0 Å². The molecule has 3 aromatic rings. The molecule has 3 heterocycles. The number of hydrogen-bond donors (Lipinski definition) is 0. The maximum atomic E-state index is 9.41. The molecule has 4 rings (SSSR count). The second-order valence-electron chi connectivity index (χ2n) is 6.81. The maximum Gasteiger partial charge on any atom is 0.0991 e. The highest BCUT2D eigenvalue weighted by Crippen LogP contribution is 2.44. The van der Waals surface area contributed by atoms with Crippen LogP contribution < -0.4 is 0 Å². The fourth-order valence-corrected chi connectivity index (χ4v) is 3.83. The number of pyridine rings is 2. The molecule has 4 nitrogen and oxygen atoms in total. The smallest absolute Gasteiger partial charge is 0.0991 e. The Hall–Kier alpha value is -3.58. The van der Waals surface area contributed by atoms with Crippen molar-refractivity contribution in [3.05, 3.63) is 107 Å². The number of nitrogens with zero attached hydrogens (tertiary/aromatic N) is 4. The van der Waals surface area contributed by atoms with Crippen LogP contribution in [-0.2, 0) is 0 Å². The fourth-order valence-electron chi connectivity index (χ4n) is 3.83. The lowest BCUT2D eigenvalue weighted by atomic mass is 9.74. The third kappa shape index (κ3) is 3.74. The summed E-state index contributed by atoms with van der Waals surface area (Å²) in [5.41, 5.74) is 5.08. The van der Waals surface area contributed by atoms with Crippen LogP contribution in [0.3, 0.4) is 0 Å². The summed E-state index contributed by atoms with van der Waals surface area (Å²) in [6.45, 7) is 0. The monoisotopic (exact) mass is 364 g/mol. The van der Waals surface area contributed by atoms with Gasteiger partial charge in [-0.1, -0.05) is 24.3 Å². The summed E-state index contributed by atoms with van der Waals surface area (Å²) in [7, 11) is 0. The molecule has 0 amide bonds. The van der Waals surface area contributed by atoms with E-state index < -0.39 is 0 Å². The lowest BCUT2D eigenvalue weighted by Gasteiger charge is -2.30. The molecule has 1 aliphatic rings. The average Bonchev–Trinajstić information content (AvgIpc) is 2.79. The van der Waals surface area contributed by atoms with E-state index >= 15 is 0 Å². The molecule has 2 unspecified atom stereocenters. The SMILES string of the molecule is N#Cc1cccc(C(c2ccccn2)C(C2=CN=CCC2)c2cccnc2)c1. The second kappa shape index (κ2) is 8.41. The molecule has 28 heavy (non-hydrogen) atoms. The van der Waals surface area contributed by atoms with Gasteiger partial charge in [0.1, 0.15) is 0 Å². The molecule has 0 N–H and O–H groups in total. The largest absolute Gasteiger partial charge is 0.269 e. The number of allylic oxidation sites excluding steroid dienone is 1. The maximum absolute atomic E-state index is 9.41. The van der Waals surface area contributed by atoms with Gasteiger partial charge >= 0.3 is 0 Å². The molecule has 0 fully saturated rings. The Morgan fingerprint density at radius 3 is 2.57 bits per heavy atom. The predicted molar refractivity (Wildman–Crippen MR) is 110 cm³/mol. The van der Waals surface area contributed by atoms with Gasteiger partial charge in [-0.25, -0.2) is 0 Å². The van der Waals surface area contributed by atoms with Gasteiger partial charge in [-0.15, -0.1) is 0 Å². The molecular weight excluding hydrogens is 344 g/mol. The highest BCUT2D eigenvalue weighted by molar-refractivity contribution is 5.61. The summed E-state index contributed by atoms with van der Waals surface area (Å²) in [5, 5.41) is 9.41. The first-order chi connectivity index (χ1) is 13.9. The molecular formula is C24H20N4. The van der Waals surface area contributed by atoms with Gasteiger partial charge in [0.15, 0.2) is 0 Å². The van der Waals surface area contributed by atoms with Crippen LogP contribution >= 0.6 is 0 Å². The highest BCUT2D eigenvalue weighted by Gasteiger charge is 2.31. The zero-order chi connectivity index (χ0) is 19.2. The van der Waals surface area contributed by atoms with Gasteiger partial charge in [-0.05, 0) is 59.9 Å². The Morgan fingerprint density at radius 1 is 0.929 bits per heavy atom. The lowest BCUT2D eigenvalue weighted by molar-refractivity contribution is 0.635. The van der Waals surface area contributed by atoms with Crippen molar-refractivity contribution < 1.29 is 0 Å². The van der Waals surface area contributed by atoms with E-state index in [2.05, 4.69) is 39.2 Å². The van der Waals surface area contributed by atoms with Crippen LogP contribution in [0.2, 0.25) is 0 Å². The molecule has 1 aromatic carbocycles. The van der Waals surface area contributed by atoms with Crippen LogP contribution in [0.1, 0.15) is 47.1 Å². The molecule has 4 heteroatoms. The van der Waals surface area contributed by atoms with Crippen molar-refractivity contribution in [2.24, 2.45) is 4.99 Å². The Balaban J connectivity index is 1.92. The minimum absolute atomic E-state index is 0.0294. The number of nitriles is 1. The molecule has 0 saturated carbocycles. The van der Waals surface area contributed by atoms with Crippen molar-refractivity contribution in [2.45, 2.75) is 24.7 Å². The minimum atomic E-state index is -0.0294. The van der Waals surface area contributed by atoms with Crippen LogP contribution in [0, 0.1) is 11.3 Å². The normalized spacial score (nSPS) is 15.3. The van der Waals surface area contributed by atoms with Crippen molar-refractivity contribution in [1.29, 1.82) is 5.26 Å². The Bertz CT molecular complexity index is 1030. The summed E-state index contributed by atoms with van der Waals surface area (Å²) in [5.74, 6) is 0.0215. The second-order valence-corrected chi connectivity index (χ2v) is 6.81. The highest BCUT2D eigenvalue weighted by atomic mass is 14.7. The molecule has 1 aliphatic heterocycles. The van der Waals surface area contributed by atoms with E-state index in [1.54, 1.807) is 6.20 Å². The summed E-state index contributed by atoms with van der Waals surface area (Å²) in [4.78, 5) is 13.5. The Labute approximate surface area is 164 Å². The van der Waals surface area contributed by atoms with Crippen molar-refractivity contribution in [3.63, 3.8) is 0 Å². The van der Waals surface area contributed by atoms with Crippen LogP contribution in [0.25, 0.3) is 0 Å². The molecule has 136 valence electrons. The van der Waals surface area contributed by atoms with Crippen molar-refractivity contribution in [1.82, 2.24) is 9.97 Å².